The first-order chi connectivity index (χ1) is 8.49. The Hall–Kier alpha value is -1.86. The van der Waals surface area contributed by atoms with Crippen LogP contribution in [0.3, 0.4) is 0 Å². The van der Waals surface area contributed by atoms with Gasteiger partial charge in [0, 0.05) is 18.4 Å². The van der Waals surface area contributed by atoms with Crippen LogP contribution in [0.25, 0.3) is 0 Å². The summed E-state index contributed by atoms with van der Waals surface area (Å²) >= 11 is 0. The zero-order valence-corrected chi connectivity index (χ0v) is 10.6. The van der Waals surface area contributed by atoms with Crippen LogP contribution in [0.5, 0.6) is 0 Å². The van der Waals surface area contributed by atoms with Crippen LogP contribution in [0.2, 0.25) is 0 Å². The molecule has 0 saturated heterocycles. The number of hydrogen-bond acceptors (Lipinski definition) is 4. The normalized spacial score (nSPS) is 13.2. The number of benzene rings is 1. The minimum atomic E-state index is -3.61. The quantitative estimate of drug-likeness (QED) is 0.774. The second kappa shape index (κ2) is 4.79. The van der Waals surface area contributed by atoms with E-state index < -0.39 is 10.0 Å². The average molecular weight is 266 g/mol. The predicted octanol–water partition coefficient (Wildman–Crippen LogP) is 1.23. The molecule has 0 spiro atoms. The summed E-state index contributed by atoms with van der Waals surface area (Å²) in [6, 6.07) is 6.30. The van der Waals surface area contributed by atoms with E-state index in [1.807, 2.05) is 6.92 Å². The molecule has 0 aliphatic heterocycles. The fraction of sp³-hybridized carbons (Fsp3) is 0.182. The zero-order chi connectivity index (χ0) is 13.2. The summed E-state index contributed by atoms with van der Waals surface area (Å²) in [4.78, 5) is 6.65. The van der Waals surface area contributed by atoms with Gasteiger partial charge in [-0.3, -0.25) is 0 Å². The van der Waals surface area contributed by atoms with Crippen molar-refractivity contribution in [3.8, 4) is 0 Å². The molecule has 1 aromatic carbocycles. The SMILES string of the molecule is CC(N)c1ccc(S(=O)(=O)Nc2ncc[nH]2)cc1. The molecule has 0 amide bonds. The largest absolute Gasteiger partial charge is 0.330 e. The van der Waals surface area contributed by atoms with Crippen LogP contribution in [0.1, 0.15) is 18.5 Å². The molecule has 0 saturated carbocycles. The van der Waals surface area contributed by atoms with E-state index in [4.69, 9.17) is 5.73 Å². The van der Waals surface area contributed by atoms with E-state index >= 15 is 0 Å². The lowest BCUT2D eigenvalue weighted by atomic mass is 10.1. The van der Waals surface area contributed by atoms with Gasteiger partial charge >= 0.3 is 0 Å². The van der Waals surface area contributed by atoms with Gasteiger partial charge in [0.25, 0.3) is 10.0 Å². The highest BCUT2D eigenvalue weighted by molar-refractivity contribution is 7.92. The minimum Gasteiger partial charge on any atom is -0.330 e. The Balaban J connectivity index is 2.25. The maximum absolute atomic E-state index is 12.0. The van der Waals surface area contributed by atoms with E-state index in [0.29, 0.717) is 0 Å². The number of aromatic nitrogens is 2. The fourth-order valence-electron chi connectivity index (χ4n) is 1.46. The smallest absolute Gasteiger partial charge is 0.264 e. The highest BCUT2D eigenvalue weighted by atomic mass is 32.2. The number of hydrogen-bond donors (Lipinski definition) is 3. The molecule has 0 aliphatic rings. The van der Waals surface area contributed by atoms with E-state index in [0.717, 1.165) is 5.56 Å². The summed E-state index contributed by atoms with van der Waals surface area (Å²) in [6.45, 7) is 1.84. The maximum atomic E-state index is 12.0. The Labute approximate surface area is 105 Å². The molecule has 1 heterocycles. The summed E-state index contributed by atoms with van der Waals surface area (Å²) in [6.07, 6.45) is 3.01. The van der Waals surface area contributed by atoms with Gasteiger partial charge in [0.2, 0.25) is 5.95 Å². The predicted molar refractivity (Wildman–Crippen MR) is 68.4 cm³/mol. The number of aromatic amines is 1. The summed E-state index contributed by atoms with van der Waals surface area (Å²) < 4.78 is 26.3. The molecule has 2 aromatic rings. The van der Waals surface area contributed by atoms with Gasteiger partial charge in [0.05, 0.1) is 4.90 Å². The van der Waals surface area contributed by atoms with Crippen LogP contribution in [-0.4, -0.2) is 18.4 Å². The molecule has 1 unspecified atom stereocenters. The van der Waals surface area contributed by atoms with E-state index in [1.165, 1.54) is 24.5 Å². The number of nitrogens with zero attached hydrogens (tertiary/aromatic N) is 1. The first kappa shape index (κ1) is 12.6. The summed E-state index contributed by atoms with van der Waals surface area (Å²) in [7, 11) is -3.61. The number of rotatable bonds is 4. The molecule has 7 heteroatoms. The van der Waals surface area contributed by atoms with Crippen LogP contribution in [0.4, 0.5) is 5.95 Å². The monoisotopic (exact) mass is 266 g/mol. The molecule has 2 rings (SSSR count). The first-order valence-corrected chi connectivity index (χ1v) is 6.85. The second-order valence-electron chi connectivity index (χ2n) is 3.90. The molecule has 6 nitrogen and oxygen atoms in total. The van der Waals surface area contributed by atoms with E-state index in [2.05, 4.69) is 14.7 Å². The van der Waals surface area contributed by atoms with Gasteiger partial charge in [0.1, 0.15) is 0 Å². The van der Waals surface area contributed by atoms with Gasteiger partial charge in [0.15, 0.2) is 0 Å². The average Bonchev–Trinajstić information content (AvgIpc) is 2.81. The van der Waals surface area contributed by atoms with Crippen molar-refractivity contribution in [3.05, 3.63) is 42.2 Å². The first-order valence-electron chi connectivity index (χ1n) is 5.37. The molecule has 18 heavy (non-hydrogen) atoms. The third-order valence-electron chi connectivity index (χ3n) is 2.45. The zero-order valence-electron chi connectivity index (χ0n) is 9.79. The molecule has 4 N–H and O–H groups in total. The summed E-state index contributed by atoms with van der Waals surface area (Å²) in [5.41, 5.74) is 6.58. The minimum absolute atomic E-state index is 0.125. The summed E-state index contributed by atoms with van der Waals surface area (Å²) in [5, 5.41) is 0. The van der Waals surface area contributed by atoms with Crippen LogP contribution >= 0.6 is 0 Å². The van der Waals surface area contributed by atoms with E-state index in [-0.39, 0.29) is 16.9 Å². The Kier molecular flexibility index (Phi) is 3.35. The lowest BCUT2D eigenvalue weighted by Gasteiger charge is -2.08. The molecule has 1 aromatic heterocycles. The molecular formula is C11H14N4O2S. The number of imidazole rings is 1. The molecule has 1 atom stereocenters. The van der Waals surface area contributed by atoms with E-state index in [1.54, 1.807) is 12.1 Å². The Morgan fingerprint density at radius 2 is 2.00 bits per heavy atom. The highest BCUT2D eigenvalue weighted by Crippen LogP contribution is 2.16. The van der Waals surface area contributed by atoms with Gasteiger partial charge in [-0.1, -0.05) is 12.1 Å². The number of anilines is 1. The Morgan fingerprint density at radius 3 is 2.50 bits per heavy atom. The third-order valence-corrected chi connectivity index (χ3v) is 3.80. The van der Waals surface area contributed by atoms with Crippen LogP contribution in [-0.2, 0) is 10.0 Å². The maximum Gasteiger partial charge on any atom is 0.264 e. The number of sulfonamides is 1. The molecule has 0 aliphatic carbocycles. The number of nitrogens with one attached hydrogen (secondary N) is 2. The van der Waals surface area contributed by atoms with Gasteiger partial charge < -0.3 is 10.7 Å². The molecule has 0 fully saturated rings. The van der Waals surface area contributed by atoms with Crippen LogP contribution < -0.4 is 10.5 Å². The number of H-pyrrole nitrogens is 1. The van der Waals surface area contributed by atoms with Crippen molar-refractivity contribution in [1.29, 1.82) is 0 Å². The van der Waals surface area contributed by atoms with Crippen molar-refractivity contribution < 1.29 is 8.42 Å². The number of nitrogens with two attached hydrogens (primary N) is 1. The highest BCUT2D eigenvalue weighted by Gasteiger charge is 2.15. The molecule has 96 valence electrons. The van der Waals surface area contributed by atoms with Crippen molar-refractivity contribution >= 4 is 16.0 Å². The summed E-state index contributed by atoms with van der Waals surface area (Å²) in [5.74, 6) is 0.186. The lowest BCUT2D eigenvalue weighted by Crippen LogP contribution is -2.14. The van der Waals surface area contributed by atoms with Crippen molar-refractivity contribution in [2.45, 2.75) is 17.9 Å². The van der Waals surface area contributed by atoms with Crippen LogP contribution in [0, 0.1) is 0 Å². The van der Waals surface area contributed by atoms with E-state index in [9.17, 15) is 8.42 Å². The van der Waals surface area contributed by atoms with Crippen LogP contribution in [0.15, 0.2) is 41.6 Å². The molecular weight excluding hydrogens is 252 g/mol. The van der Waals surface area contributed by atoms with Gasteiger partial charge in [-0.25, -0.2) is 18.1 Å². The van der Waals surface area contributed by atoms with Gasteiger partial charge in [-0.2, -0.15) is 0 Å². The molecule has 0 bridgehead atoms. The Bertz CT molecular complexity index is 603. The van der Waals surface area contributed by atoms with Crippen molar-refractivity contribution in [3.63, 3.8) is 0 Å². The third kappa shape index (κ3) is 2.69. The topological polar surface area (TPSA) is 101 Å². The van der Waals surface area contributed by atoms with Crippen molar-refractivity contribution in [2.75, 3.05) is 4.72 Å². The van der Waals surface area contributed by atoms with Crippen molar-refractivity contribution in [2.24, 2.45) is 5.73 Å². The lowest BCUT2D eigenvalue weighted by molar-refractivity contribution is 0.600. The fourth-order valence-corrected chi connectivity index (χ4v) is 2.44. The van der Waals surface area contributed by atoms with Gasteiger partial charge in [-0.15, -0.1) is 0 Å². The standard InChI is InChI=1S/C11H14N4O2S/c1-8(12)9-2-4-10(5-3-9)18(16,17)15-11-13-6-7-14-11/h2-8H,12H2,1H3,(H2,13,14,15). The Morgan fingerprint density at radius 1 is 1.33 bits per heavy atom. The van der Waals surface area contributed by atoms with Gasteiger partial charge in [-0.05, 0) is 24.6 Å². The second-order valence-corrected chi connectivity index (χ2v) is 5.58. The molecule has 0 radical (unpaired) electrons. The van der Waals surface area contributed by atoms with Crippen molar-refractivity contribution in [1.82, 2.24) is 9.97 Å².